The van der Waals surface area contributed by atoms with E-state index in [0.29, 0.717) is 12.2 Å². The molecule has 1 atom stereocenters. The highest BCUT2D eigenvalue weighted by Crippen LogP contribution is 2.14. The van der Waals surface area contributed by atoms with Crippen LogP contribution in [0.4, 0.5) is 0 Å². The van der Waals surface area contributed by atoms with Gasteiger partial charge >= 0.3 is 0 Å². The molecule has 0 amide bonds. The fourth-order valence-electron chi connectivity index (χ4n) is 2.90. The molecular weight excluding hydrogens is 302 g/mol. The molecule has 3 aromatic rings. The van der Waals surface area contributed by atoms with Gasteiger partial charge < -0.3 is 19.0 Å². The van der Waals surface area contributed by atoms with Crippen LogP contribution in [0.3, 0.4) is 0 Å². The fraction of sp³-hybridized carbons (Fsp3) is 0.316. The van der Waals surface area contributed by atoms with Crippen LogP contribution in [0.25, 0.3) is 11.0 Å². The molecule has 3 rings (SSSR count). The summed E-state index contributed by atoms with van der Waals surface area (Å²) in [5, 5.41) is 18.8. The smallest absolute Gasteiger partial charge is 0.203 e. The molecule has 0 fully saturated rings. The number of fused-ring (bicyclic) bond motifs is 1. The molecule has 0 spiro atoms. The van der Waals surface area contributed by atoms with Crippen LogP contribution in [-0.4, -0.2) is 27.0 Å². The predicted molar refractivity (Wildman–Crippen MR) is 94.0 cm³/mol. The number of para-hydroxylation sites is 3. The van der Waals surface area contributed by atoms with Crippen molar-refractivity contribution in [1.29, 1.82) is 5.41 Å². The van der Waals surface area contributed by atoms with Crippen LogP contribution in [0.2, 0.25) is 0 Å². The van der Waals surface area contributed by atoms with Crippen LogP contribution < -0.4 is 10.4 Å². The second-order valence-corrected chi connectivity index (χ2v) is 5.85. The topological polar surface area (TPSA) is 63.2 Å². The lowest BCUT2D eigenvalue weighted by molar-refractivity contribution is 0.0921. The largest absolute Gasteiger partial charge is 0.491 e. The number of aryl methyl sites for hydroxylation is 1. The number of aliphatic hydroxyl groups excluding tert-OH is 1. The Kier molecular flexibility index (Phi) is 5.01. The van der Waals surface area contributed by atoms with Gasteiger partial charge in [0.05, 0.1) is 17.6 Å². The molecule has 0 saturated heterocycles. The molecule has 0 radical (unpaired) electrons. The van der Waals surface area contributed by atoms with E-state index in [4.69, 9.17) is 10.1 Å². The summed E-state index contributed by atoms with van der Waals surface area (Å²) < 4.78 is 9.45. The Morgan fingerprint density at radius 3 is 2.29 bits per heavy atom. The van der Waals surface area contributed by atoms with Crippen LogP contribution in [0.1, 0.15) is 13.3 Å². The molecular formula is C19H23N3O2. The Balaban J connectivity index is 1.79. The molecule has 0 aliphatic carbocycles. The number of ether oxygens (including phenoxy) is 1. The summed E-state index contributed by atoms with van der Waals surface area (Å²) in [5.74, 6) is 0.737. The van der Waals surface area contributed by atoms with E-state index in [-0.39, 0.29) is 6.61 Å². The van der Waals surface area contributed by atoms with Crippen molar-refractivity contribution in [2.75, 3.05) is 6.61 Å². The highest BCUT2D eigenvalue weighted by molar-refractivity contribution is 5.75. The van der Waals surface area contributed by atoms with Crippen molar-refractivity contribution in [2.45, 2.75) is 32.5 Å². The molecule has 1 unspecified atom stereocenters. The Morgan fingerprint density at radius 2 is 1.62 bits per heavy atom. The van der Waals surface area contributed by atoms with E-state index in [9.17, 15) is 5.11 Å². The van der Waals surface area contributed by atoms with Crippen molar-refractivity contribution >= 4 is 11.0 Å². The first-order valence-electron chi connectivity index (χ1n) is 8.29. The van der Waals surface area contributed by atoms with Gasteiger partial charge in [0.15, 0.2) is 0 Å². The minimum atomic E-state index is -0.680. The molecule has 2 aromatic carbocycles. The number of nitrogens with one attached hydrogen (secondary N) is 1. The van der Waals surface area contributed by atoms with E-state index in [1.54, 1.807) is 0 Å². The average Bonchev–Trinajstić information content (AvgIpc) is 2.87. The van der Waals surface area contributed by atoms with Gasteiger partial charge in [0, 0.05) is 6.54 Å². The van der Waals surface area contributed by atoms with Crippen LogP contribution in [0.15, 0.2) is 54.6 Å². The van der Waals surface area contributed by atoms with Crippen LogP contribution in [0.5, 0.6) is 5.75 Å². The zero-order chi connectivity index (χ0) is 16.9. The summed E-state index contributed by atoms with van der Waals surface area (Å²) in [7, 11) is 0. The van der Waals surface area contributed by atoms with E-state index in [2.05, 4.69) is 6.92 Å². The van der Waals surface area contributed by atoms with Gasteiger partial charge in [-0.05, 0) is 30.7 Å². The molecule has 1 aromatic heterocycles. The Hall–Kier alpha value is -2.53. The minimum absolute atomic E-state index is 0.198. The van der Waals surface area contributed by atoms with Crippen LogP contribution >= 0.6 is 0 Å². The third kappa shape index (κ3) is 3.36. The predicted octanol–water partition coefficient (Wildman–Crippen LogP) is 2.77. The van der Waals surface area contributed by atoms with Gasteiger partial charge in [-0.1, -0.05) is 37.3 Å². The first-order chi connectivity index (χ1) is 11.7. The number of nitrogens with zero attached hydrogens (tertiary/aromatic N) is 2. The highest BCUT2D eigenvalue weighted by Gasteiger charge is 2.14. The fourth-order valence-corrected chi connectivity index (χ4v) is 2.90. The number of hydrogen-bond donors (Lipinski definition) is 2. The number of aromatic nitrogens is 2. The van der Waals surface area contributed by atoms with Crippen molar-refractivity contribution in [3.63, 3.8) is 0 Å². The number of rotatable bonds is 7. The lowest BCUT2D eigenvalue weighted by atomic mass is 10.3. The third-order valence-electron chi connectivity index (χ3n) is 4.00. The SMILES string of the molecule is CCCn1c(=N)n(CC(O)COc2ccccc2)c2ccccc21. The number of imidazole rings is 1. The van der Waals surface area contributed by atoms with Gasteiger partial charge in [0.2, 0.25) is 5.62 Å². The average molecular weight is 325 g/mol. The van der Waals surface area contributed by atoms with Gasteiger partial charge in [-0.25, -0.2) is 0 Å². The quantitative estimate of drug-likeness (QED) is 0.701. The standard InChI is InChI=1S/C19H23N3O2/c1-2-12-21-17-10-6-7-11-18(17)22(19(21)20)13-15(23)14-24-16-8-4-3-5-9-16/h3-11,15,20,23H,2,12-14H2,1H3. The number of hydrogen-bond acceptors (Lipinski definition) is 3. The van der Waals surface area contributed by atoms with Gasteiger partial charge in [-0.3, -0.25) is 5.41 Å². The van der Waals surface area contributed by atoms with Crippen LogP contribution in [-0.2, 0) is 13.1 Å². The first-order valence-corrected chi connectivity index (χ1v) is 8.29. The molecule has 1 heterocycles. The highest BCUT2D eigenvalue weighted by atomic mass is 16.5. The molecule has 126 valence electrons. The number of aliphatic hydroxyl groups is 1. The Labute approximate surface area is 141 Å². The lowest BCUT2D eigenvalue weighted by Gasteiger charge is -2.13. The first kappa shape index (κ1) is 16.3. The summed E-state index contributed by atoms with van der Waals surface area (Å²) in [4.78, 5) is 0. The molecule has 0 aliphatic rings. The minimum Gasteiger partial charge on any atom is -0.491 e. The van der Waals surface area contributed by atoms with E-state index in [1.807, 2.05) is 63.7 Å². The Bertz CT molecular complexity index is 852. The van der Waals surface area contributed by atoms with Gasteiger partial charge in [-0.2, -0.15) is 0 Å². The summed E-state index contributed by atoms with van der Waals surface area (Å²) in [5.41, 5.74) is 2.41. The van der Waals surface area contributed by atoms with Gasteiger partial charge in [0.1, 0.15) is 18.5 Å². The van der Waals surface area contributed by atoms with E-state index in [0.717, 1.165) is 29.7 Å². The molecule has 0 bridgehead atoms. The monoisotopic (exact) mass is 325 g/mol. The molecule has 0 saturated carbocycles. The maximum atomic E-state index is 10.3. The second-order valence-electron chi connectivity index (χ2n) is 5.85. The maximum absolute atomic E-state index is 10.3. The van der Waals surface area contributed by atoms with Crippen molar-refractivity contribution in [3.8, 4) is 5.75 Å². The van der Waals surface area contributed by atoms with Gasteiger partial charge in [0.25, 0.3) is 0 Å². The summed E-state index contributed by atoms with van der Waals surface area (Å²) in [6.07, 6.45) is 0.282. The summed E-state index contributed by atoms with van der Waals surface area (Å²) in [6.45, 7) is 3.43. The zero-order valence-corrected chi connectivity index (χ0v) is 13.9. The lowest BCUT2D eigenvalue weighted by Crippen LogP contribution is -2.31. The van der Waals surface area contributed by atoms with E-state index in [1.165, 1.54) is 0 Å². The van der Waals surface area contributed by atoms with E-state index < -0.39 is 6.10 Å². The second kappa shape index (κ2) is 7.36. The molecule has 2 N–H and O–H groups in total. The van der Waals surface area contributed by atoms with Gasteiger partial charge in [-0.15, -0.1) is 0 Å². The zero-order valence-electron chi connectivity index (χ0n) is 13.9. The third-order valence-corrected chi connectivity index (χ3v) is 4.00. The molecule has 5 heteroatoms. The molecule has 5 nitrogen and oxygen atoms in total. The number of benzene rings is 2. The normalized spacial score (nSPS) is 12.4. The Morgan fingerprint density at radius 1 is 1.00 bits per heavy atom. The van der Waals surface area contributed by atoms with Crippen molar-refractivity contribution in [3.05, 3.63) is 60.2 Å². The molecule has 0 aliphatic heterocycles. The summed E-state index contributed by atoms with van der Waals surface area (Å²) in [6, 6.07) is 17.4. The van der Waals surface area contributed by atoms with Crippen LogP contribution in [0, 0.1) is 5.41 Å². The van der Waals surface area contributed by atoms with Crippen molar-refractivity contribution in [2.24, 2.45) is 0 Å². The summed E-state index contributed by atoms with van der Waals surface area (Å²) >= 11 is 0. The van der Waals surface area contributed by atoms with E-state index >= 15 is 0 Å². The van der Waals surface area contributed by atoms with Crippen molar-refractivity contribution in [1.82, 2.24) is 9.13 Å². The molecule has 24 heavy (non-hydrogen) atoms. The maximum Gasteiger partial charge on any atom is 0.203 e. The van der Waals surface area contributed by atoms with Crippen molar-refractivity contribution < 1.29 is 9.84 Å².